The smallest absolute Gasteiger partial charge is 0.261 e. The predicted octanol–water partition coefficient (Wildman–Crippen LogP) is 2.27. The second-order valence-corrected chi connectivity index (χ2v) is 8.54. The molecule has 4 N–H and O–H groups in total. The van der Waals surface area contributed by atoms with Crippen molar-refractivity contribution >= 4 is 21.6 Å². The van der Waals surface area contributed by atoms with Crippen LogP contribution < -0.4 is 20.5 Å². The zero-order valence-corrected chi connectivity index (χ0v) is 16.7. The van der Waals surface area contributed by atoms with Gasteiger partial charge in [-0.15, -0.1) is 0 Å². The minimum atomic E-state index is -3.85. The molecule has 0 aromatic heterocycles. The first kappa shape index (κ1) is 20.7. The quantitative estimate of drug-likeness (QED) is 0.671. The lowest BCUT2D eigenvalue weighted by Gasteiger charge is -2.24. The molecule has 1 amide bonds. The molecule has 0 atom stereocenters. The Morgan fingerprint density at radius 3 is 2.33 bits per heavy atom. The Bertz CT molecular complexity index is 922. The number of rotatable bonds is 7. The molecule has 146 valence electrons. The van der Waals surface area contributed by atoms with E-state index in [9.17, 15) is 13.2 Å². The van der Waals surface area contributed by atoms with Gasteiger partial charge in [0.05, 0.1) is 12.0 Å². The number of anilines is 1. The van der Waals surface area contributed by atoms with Crippen molar-refractivity contribution in [3.63, 3.8) is 0 Å². The fourth-order valence-electron chi connectivity index (χ4n) is 2.31. The molecular formula is C19H25N3O4S. The number of methoxy groups -OCH3 is 1. The molecule has 0 spiro atoms. The number of hydrogen-bond donors (Lipinski definition) is 3. The molecule has 2 aromatic carbocycles. The monoisotopic (exact) mass is 391 g/mol. The molecular weight excluding hydrogens is 366 g/mol. The van der Waals surface area contributed by atoms with Crippen LogP contribution in [0, 0.1) is 6.92 Å². The van der Waals surface area contributed by atoms with Crippen LogP contribution in [-0.4, -0.2) is 33.5 Å². The highest BCUT2D eigenvalue weighted by Gasteiger charge is 2.22. The van der Waals surface area contributed by atoms with Gasteiger partial charge in [-0.25, -0.2) is 8.42 Å². The largest absolute Gasteiger partial charge is 0.497 e. The molecule has 0 saturated carbocycles. The third-order valence-corrected chi connectivity index (χ3v) is 5.45. The maximum atomic E-state index is 12.7. The van der Waals surface area contributed by atoms with Gasteiger partial charge in [0.15, 0.2) is 0 Å². The van der Waals surface area contributed by atoms with E-state index in [4.69, 9.17) is 10.5 Å². The Morgan fingerprint density at radius 1 is 1.15 bits per heavy atom. The first-order valence-corrected chi connectivity index (χ1v) is 9.86. The van der Waals surface area contributed by atoms with Crippen molar-refractivity contribution in [2.45, 2.75) is 31.2 Å². The molecule has 0 radical (unpaired) electrons. The van der Waals surface area contributed by atoms with E-state index in [0.717, 1.165) is 0 Å². The number of hydrogen-bond acceptors (Lipinski definition) is 5. The molecule has 0 fully saturated rings. The van der Waals surface area contributed by atoms with Crippen molar-refractivity contribution in [2.24, 2.45) is 5.73 Å². The average molecular weight is 391 g/mol. The number of benzene rings is 2. The second-order valence-electron chi connectivity index (χ2n) is 6.85. The van der Waals surface area contributed by atoms with Gasteiger partial charge in [-0.3, -0.25) is 9.52 Å². The van der Waals surface area contributed by atoms with Crippen LogP contribution in [0.1, 0.15) is 29.8 Å². The minimum absolute atomic E-state index is 0.000349. The summed E-state index contributed by atoms with van der Waals surface area (Å²) in [5.41, 5.74) is 6.40. The zero-order chi connectivity index (χ0) is 20.2. The first-order chi connectivity index (χ1) is 12.6. The van der Waals surface area contributed by atoms with Gasteiger partial charge in [-0.2, -0.15) is 0 Å². The summed E-state index contributed by atoms with van der Waals surface area (Å²) in [6, 6.07) is 10.9. The minimum Gasteiger partial charge on any atom is -0.497 e. The maximum absolute atomic E-state index is 12.7. The van der Waals surface area contributed by atoms with Crippen LogP contribution in [-0.2, 0) is 10.0 Å². The van der Waals surface area contributed by atoms with Crippen LogP contribution in [0.15, 0.2) is 47.4 Å². The van der Waals surface area contributed by atoms with E-state index in [1.807, 2.05) is 0 Å². The molecule has 0 aliphatic rings. The molecule has 0 aliphatic carbocycles. The Balaban J connectivity index is 2.30. The number of ether oxygens (including phenoxy) is 1. The van der Waals surface area contributed by atoms with Gasteiger partial charge in [0.25, 0.3) is 15.9 Å². The summed E-state index contributed by atoms with van der Waals surface area (Å²) >= 11 is 0. The lowest BCUT2D eigenvalue weighted by Crippen LogP contribution is -2.49. The third kappa shape index (κ3) is 5.21. The van der Waals surface area contributed by atoms with E-state index >= 15 is 0 Å². The lowest BCUT2D eigenvalue weighted by atomic mass is 10.0. The standard InChI is InChI=1S/C19H25N3O4S/c1-13-5-10-16(11-17(13)18(23)21-19(2,3)12-20)27(24,25)22-14-6-8-15(26-4)9-7-14/h5-11,22H,12,20H2,1-4H3,(H,21,23). The van der Waals surface area contributed by atoms with E-state index in [-0.39, 0.29) is 22.9 Å². The third-order valence-electron chi connectivity index (χ3n) is 4.07. The Hall–Kier alpha value is -2.58. The van der Waals surface area contributed by atoms with Gasteiger partial charge in [0, 0.05) is 23.3 Å². The van der Waals surface area contributed by atoms with E-state index in [0.29, 0.717) is 17.0 Å². The van der Waals surface area contributed by atoms with Crippen LogP contribution >= 0.6 is 0 Å². The van der Waals surface area contributed by atoms with Crippen LogP contribution in [0.4, 0.5) is 5.69 Å². The van der Waals surface area contributed by atoms with E-state index in [1.54, 1.807) is 51.1 Å². The molecule has 8 heteroatoms. The molecule has 27 heavy (non-hydrogen) atoms. The summed E-state index contributed by atoms with van der Waals surface area (Å²) < 4.78 is 32.9. The van der Waals surface area contributed by atoms with Gasteiger partial charge < -0.3 is 15.8 Å². The van der Waals surface area contributed by atoms with Gasteiger partial charge in [0.2, 0.25) is 0 Å². The highest BCUT2D eigenvalue weighted by Crippen LogP contribution is 2.21. The molecule has 0 heterocycles. The highest BCUT2D eigenvalue weighted by atomic mass is 32.2. The lowest BCUT2D eigenvalue weighted by molar-refractivity contribution is 0.0915. The number of sulfonamides is 1. The SMILES string of the molecule is COc1ccc(NS(=O)(=O)c2ccc(C)c(C(=O)NC(C)(C)CN)c2)cc1. The van der Waals surface area contributed by atoms with Crippen LogP contribution in [0.3, 0.4) is 0 Å². The van der Waals surface area contributed by atoms with Crippen molar-refractivity contribution in [3.05, 3.63) is 53.6 Å². The van der Waals surface area contributed by atoms with Crippen molar-refractivity contribution in [3.8, 4) is 5.75 Å². The summed E-state index contributed by atoms with van der Waals surface area (Å²) in [4.78, 5) is 12.6. The normalized spacial score (nSPS) is 11.7. The number of nitrogens with two attached hydrogens (primary N) is 1. The molecule has 0 aliphatic heterocycles. The fraction of sp³-hybridized carbons (Fsp3) is 0.316. The molecule has 0 saturated heterocycles. The Kier molecular flexibility index (Phi) is 6.12. The molecule has 2 rings (SSSR count). The highest BCUT2D eigenvalue weighted by molar-refractivity contribution is 7.92. The summed E-state index contributed by atoms with van der Waals surface area (Å²) in [5, 5.41) is 2.81. The summed E-state index contributed by atoms with van der Waals surface area (Å²) in [6.07, 6.45) is 0. The predicted molar refractivity (Wildman–Crippen MR) is 106 cm³/mol. The maximum Gasteiger partial charge on any atom is 0.261 e. The van der Waals surface area contributed by atoms with Gasteiger partial charge >= 0.3 is 0 Å². The number of carbonyl (C=O) groups excluding carboxylic acids is 1. The zero-order valence-electron chi connectivity index (χ0n) is 15.9. The molecule has 2 aromatic rings. The van der Waals surface area contributed by atoms with Crippen LogP contribution in [0.25, 0.3) is 0 Å². The van der Waals surface area contributed by atoms with Gasteiger partial charge in [-0.1, -0.05) is 6.07 Å². The summed E-state index contributed by atoms with van der Waals surface area (Å²) in [6.45, 7) is 5.60. The second kappa shape index (κ2) is 7.98. The fourth-order valence-corrected chi connectivity index (χ4v) is 3.40. The van der Waals surface area contributed by atoms with Crippen LogP contribution in [0.2, 0.25) is 0 Å². The van der Waals surface area contributed by atoms with E-state index < -0.39 is 15.6 Å². The topological polar surface area (TPSA) is 111 Å². The summed E-state index contributed by atoms with van der Waals surface area (Å²) in [7, 11) is -2.32. The van der Waals surface area contributed by atoms with Crippen molar-refractivity contribution in [2.75, 3.05) is 18.4 Å². The molecule has 0 unspecified atom stereocenters. The number of carbonyl (C=O) groups is 1. The molecule has 7 nitrogen and oxygen atoms in total. The molecule has 0 bridgehead atoms. The van der Waals surface area contributed by atoms with Crippen LogP contribution in [0.5, 0.6) is 5.75 Å². The average Bonchev–Trinajstić information content (AvgIpc) is 2.61. The van der Waals surface area contributed by atoms with E-state index in [2.05, 4.69) is 10.0 Å². The van der Waals surface area contributed by atoms with Crippen molar-refractivity contribution in [1.29, 1.82) is 0 Å². The number of aryl methyl sites for hydroxylation is 1. The van der Waals surface area contributed by atoms with Gasteiger partial charge in [0.1, 0.15) is 5.75 Å². The summed E-state index contributed by atoms with van der Waals surface area (Å²) in [5.74, 6) is 0.249. The van der Waals surface area contributed by atoms with Crippen molar-refractivity contribution in [1.82, 2.24) is 5.32 Å². The van der Waals surface area contributed by atoms with E-state index in [1.165, 1.54) is 19.2 Å². The van der Waals surface area contributed by atoms with Gasteiger partial charge in [-0.05, 0) is 62.7 Å². The Morgan fingerprint density at radius 2 is 1.78 bits per heavy atom. The Labute approximate surface area is 160 Å². The first-order valence-electron chi connectivity index (χ1n) is 8.38. The van der Waals surface area contributed by atoms with Crippen molar-refractivity contribution < 1.29 is 17.9 Å². The number of amides is 1. The number of nitrogens with one attached hydrogen (secondary N) is 2.